The lowest BCUT2D eigenvalue weighted by molar-refractivity contribution is 0.475. The van der Waals surface area contributed by atoms with Gasteiger partial charge in [-0.1, -0.05) is 157 Å². The van der Waals surface area contributed by atoms with Crippen LogP contribution in [0.25, 0.3) is 33.4 Å². The van der Waals surface area contributed by atoms with Crippen LogP contribution in [-0.2, 0) is 5.41 Å². The van der Waals surface area contributed by atoms with Gasteiger partial charge >= 0.3 is 0 Å². The first-order chi connectivity index (χ1) is 25.6. The smallest absolute Gasteiger partial charge is 0.115 e. The first-order valence-electron chi connectivity index (χ1n) is 17.8. The van der Waals surface area contributed by atoms with E-state index in [1.165, 1.54) is 55.6 Å². The minimum absolute atomic E-state index is 0.257. The Balaban J connectivity index is 1.26. The fourth-order valence-corrected chi connectivity index (χ4v) is 8.02. The maximum absolute atomic E-state index is 10.4. The molecule has 0 radical (unpaired) electrons. The lowest BCUT2D eigenvalue weighted by Crippen LogP contribution is -2.28. The maximum Gasteiger partial charge on any atom is 0.115 e. The van der Waals surface area contributed by atoms with Gasteiger partial charge in [-0.05, 0) is 111 Å². The molecule has 0 spiro atoms. The largest absolute Gasteiger partial charge is 0.508 e. The molecule has 0 saturated carbocycles. The van der Waals surface area contributed by atoms with E-state index in [1.54, 1.807) is 0 Å². The minimum Gasteiger partial charge on any atom is -0.508 e. The Morgan fingerprint density at radius 1 is 0.385 bits per heavy atom. The van der Waals surface area contributed by atoms with E-state index in [9.17, 15) is 5.11 Å². The van der Waals surface area contributed by atoms with Crippen LogP contribution in [0.1, 0.15) is 27.8 Å². The van der Waals surface area contributed by atoms with Crippen LogP contribution in [0.3, 0.4) is 0 Å². The van der Waals surface area contributed by atoms with Crippen LogP contribution in [0.2, 0.25) is 0 Å². The fourth-order valence-electron chi connectivity index (χ4n) is 8.02. The van der Waals surface area contributed by atoms with Crippen LogP contribution >= 0.6 is 0 Å². The molecule has 2 heteroatoms. The van der Waals surface area contributed by atoms with Crippen molar-refractivity contribution in [3.8, 4) is 39.1 Å². The third kappa shape index (κ3) is 5.28. The van der Waals surface area contributed by atoms with Gasteiger partial charge in [-0.3, -0.25) is 0 Å². The first-order valence-corrected chi connectivity index (χ1v) is 17.8. The molecule has 1 atom stereocenters. The summed E-state index contributed by atoms with van der Waals surface area (Å²) in [5.41, 5.74) is 15.8. The first kappa shape index (κ1) is 31.3. The van der Waals surface area contributed by atoms with Crippen molar-refractivity contribution in [2.75, 3.05) is 4.90 Å². The van der Waals surface area contributed by atoms with Gasteiger partial charge in [-0.15, -0.1) is 0 Å². The van der Waals surface area contributed by atoms with E-state index in [0.29, 0.717) is 0 Å². The van der Waals surface area contributed by atoms with E-state index in [4.69, 9.17) is 0 Å². The second-order valence-electron chi connectivity index (χ2n) is 13.6. The second kappa shape index (κ2) is 12.9. The predicted molar refractivity (Wildman–Crippen MR) is 216 cm³/mol. The molecule has 1 aliphatic rings. The third-order valence-electron chi connectivity index (χ3n) is 10.5. The number of aryl methyl sites for hydroxylation is 1. The van der Waals surface area contributed by atoms with Gasteiger partial charge in [0.2, 0.25) is 0 Å². The predicted octanol–water partition coefficient (Wildman–Crippen LogP) is 12.9. The van der Waals surface area contributed by atoms with Crippen molar-refractivity contribution in [3.63, 3.8) is 0 Å². The van der Waals surface area contributed by atoms with E-state index in [-0.39, 0.29) is 5.75 Å². The number of hydrogen-bond acceptors (Lipinski definition) is 2. The minimum atomic E-state index is -0.594. The highest BCUT2D eigenvalue weighted by atomic mass is 16.3. The molecule has 52 heavy (non-hydrogen) atoms. The van der Waals surface area contributed by atoms with Gasteiger partial charge in [0.1, 0.15) is 5.75 Å². The molecule has 0 saturated heterocycles. The van der Waals surface area contributed by atoms with Gasteiger partial charge in [-0.2, -0.15) is 0 Å². The van der Waals surface area contributed by atoms with Crippen LogP contribution in [0, 0.1) is 6.92 Å². The number of fused-ring (bicyclic) bond motifs is 3. The van der Waals surface area contributed by atoms with Crippen molar-refractivity contribution >= 4 is 17.1 Å². The fraction of sp³-hybridized carbons (Fsp3) is 0.0400. The molecular formula is C50H37NO. The van der Waals surface area contributed by atoms with Crippen LogP contribution < -0.4 is 4.90 Å². The normalized spacial score (nSPS) is 14.4. The zero-order valence-corrected chi connectivity index (χ0v) is 28.9. The molecule has 2 nitrogen and oxygen atoms in total. The van der Waals surface area contributed by atoms with Crippen molar-refractivity contribution in [1.29, 1.82) is 0 Å². The van der Waals surface area contributed by atoms with Gasteiger partial charge in [0.15, 0.2) is 0 Å². The number of phenols is 1. The van der Waals surface area contributed by atoms with Gasteiger partial charge in [0.25, 0.3) is 0 Å². The molecule has 0 bridgehead atoms. The Morgan fingerprint density at radius 3 is 1.38 bits per heavy atom. The number of rotatable bonds is 7. The molecule has 8 aromatic carbocycles. The monoisotopic (exact) mass is 667 g/mol. The summed E-state index contributed by atoms with van der Waals surface area (Å²) >= 11 is 0. The van der Waals surface area contributed by atoms with Crippen LogP contribution in [0.15, 0.2) is 200 Å². The Hall–Kier alpha value is -6.64. The molecule has 8 aromatic rings. The highest BCUT2D eigenvalue weighted by Crippen LogP contribution is 2.57. The molecule has 1 unspecified atom stereocenters. The van der Waals surface area contributed by atoms with Gasteiger partial charge in [0.05, 0.1) is 5.41 Å². The van der Waals surface area contributed by atoms with E-state index in [0.717, 1.165) is 22.6 Å². The summed E-state index contributed by atoms with van der Waals surface area (Å²) < 4.78 is 0. The molecule has 1 N–H and O–H groups in total. The molecule has 0 amide bonds. The Bertz CT molecular complexity index is 2360. The van der Waals surface area contributed by atoms with Crippen molar-refractivity contribution in [1.82, 2.24) is 0 Å². The summed E-state index contributed by atoms with van der Waals surface area (Å²) in [6, 6.07) is 71.3. The van der Waals surface area contributed by atoms with Gasteiger partial charge in [-0.25, -0.2) is 0 Å². The zero-order chi connectivity index (χ0) is 35.1. The third-order valence-corrected chi connectivity index (χ3v) is 10.5. The van der Waals surface area contributed by atoms with E-state index in [1.807, 2.05) is 12.1 Å². The Kier molecular flexibility index (Phi) is 7.79. The summed E-state index contributed by atoms with van der Waals surface area (Å²) in [5.74, 6) is 0.257. The number of anilines is 3. The second-order valence-corrected chi connectivity index (χ2v) is 13.6. The lowest BCUT2D eigenvalue weighted by Gasteiger charge is -2.35. The van der Waals surface area contributed by atoms with Crippen molar-refractivity contribution in [2.45, 2.75) is 12.3 Å². The van der Waals surface area contributed by atoms with E-state index < -0.39 is 5.41 Å². The quantitative estimate of drug-likeness (QED) is 0.183. The SMILES string of the molecule is Cc1ccc(C2(c3ccc(O)cc3)c3ccccc3-c3ccc(N(c4ccc(-c5ccccc5)cc4)c4ccc(-c5ccccc5)cc4)cc32)cc1. The van der Waals surface area contributed by atoms with E-state index >= 15 is 0 Å². The summed E-state index contributed by atoms with van der Waals surface area (Å²) in [6.07, 6.45) is 0. The molecule has 0 aromatic heterocycles. The molecule has 248 valence electrons. The highest BCUT2D eigenvalue weighted by Gasteiger charge is 2.46. The summed E-state index contributed by atoms with van der Waals surface area (Å²) in [4.78, 5) is 2.36. The van der Waals surface area contributed by atoms with Crippen LogP contribution in [0.5, 0.6) is 5.75 Å². The summed E-state index contributed by atoms with van der Waals surface area (Å²) in [5, 5.41) is 10.4. The number of benzene rings is 8. The summed E-state index contributed by atoms with van der Waals surface area (Å²) in [6.45, 7) is 2.13. The lowest BCUT2D eigenvalue weighted by atomic mass is 9.67. The Morgan fingerprint density at radius 2 is 0.827 bits per heavy atom. The van der Waals surface area contributed by atoms with Crippen LogP contribution in [-0.4, -0.2) is 5.11 Å². The molecule has 9 rings (SSSR count). The molecule has 0 fully saturated rings. The number of phenolic OH excluding ortho intramolecular Hbond substituents is 1. The zero-order valence-electron chi connectivity index (χ0n) is 28.9. The number of hydrogen-bond donors (Lipinski definition) is 1. The average Bonchev–Trinajstić information content (AvgIpc) is 3.50. The Labute approximate surface area is 305 Å². The summed E-state index contributed by atoms with van der Waals surface area (Å²) in [7, 11) is 0. The van der Waals surface area contributed by atoms with Crippen molar-refractivity contribution < 1.29 is 5.11 Å². The average molecular weight is 668 g/mol. The van der Waals surface area contributed by atoms with Gasteiger partial charge in [0, 0.05) is 17.1 Å². The topological polar surface area (TPSA) is 23.5 Å². The molecule has 0 aliphatic heterocycles. The molecule has 0 heterocycles. The van der Waals surface area contributed by atoms with Gasteiger partial charge < -0.3 is 10.0 Å². The number of nitrogens with zero attached hydrogens (tertiary/aromatic N) is 1. The van der Waals surface area contributed by atoms with Crippen molar-refractivity contribution in [3.05, 3.63) is 228 Å². The highest BCUT2D eigenvalue weighted by molar-refractivity contribution is 5.90. The molecule has 1 aliphatic carbocycles. The maximum atomic E-state index is 10.4. The standard InChI is InChI=1S/C50H37NO/c1-35-16-22-40(23-17-35)50(41-24-31-45(52)32-25-41)48-15-9-8-14-46(48)47-33-30-44(34-49(47)50)51(42-26-18-38(19-27-42)36-10-4-2-5-11-36)43-28-20-39(21-29-43)37-12-6-3-7-13-37/h2-34,52H,1H3. The van der Waals surface area contributed by atoms with Crippen molar-refractivity contribution in [2.24, 2.45) is 0 Å². The van der Waals surface area contributed by atoms with E-state index in [2.05, 4.69) is 200 Å². The molecular weight excluding hydrogens is 631 g/mol. The number of aromatic hydroxyl groups is 1. The van der Waals surface area contributed by atoms with Crippen LogP contribution in [0.4, 0.5) is 17.1 Å².